The van der Waals surface area contributed by atoms with Crippen molar-refractivity contribution in [2.45, 2.75) is 45.6 Å². The monoisotopic (exact) mass is 373 g/mol. The predicted octanol–water partition coefficient (Wildman–Crippen LogP) is 2.11. The quantitative estimate of drug-likeness (QED) is 0.874. The number of fused-ring (bicyclic) bond motifs is 1. The van der Waals surface area contributed by atoms with Crippen LogP contribution < -0.4 is 5.32 Å². The molecular weight excluding hydrogens is 350 g/mol. The highest BCUT2D eigenvalue weighted by Gasteiger charge is 2.30. The number of hydrogen-bond acceptors (Lipinski definition) is 5. The van der Waals surface area contributed by atoms with Gasteiger partial charge in [0.1, 0.15) is 10.6 Å². The third kappa shape index (κ3) is 3.13. The Hall–Kier alpha value is -2.22. The van der Waals surface area contributed by atoms with Crippen molar-refractivity contribution in [3.05, 3.63) is 33.0 Å². The molecule has 2 aromatic heterocycles. The molecule has 2 amide bonds. The van der Waals surface area contributed by atoms with Crippen molar-refractivity contribution in [3.8, 4) is 0 Å². The summed E-state index contributed by atoms with van der Waals surface area (Å²) < 4.78 is 1.81. The molecule has 1 N–H and O–H groups in total. The minimum Gasteiger partial charge on any atom is -0.351 e. The molecule has 1 unspecified atom stereocenters. The molecule has 2 aliphatic rings. The lowest BCUT2D eigenvalue weighted by molar-refractivity contribution is 0.0709. The molecule has 0 saturated carbocycles. The molecule has 0 aromatic carbocycles. The molecule has 1 saturated heterocycles. The number of nitrogens with one attached hydrogen (secondary N) is 1. The van der Waals surface area contributed by atoms with Gasteiger partial charge in [-0.1, -0.05) is 0 Å². The first kappa shape index (κ1) is 17.2. The van der Waals surface area contributed by atoms with Crippen molar-refractivity contribution in [2.24, 2.45) is 0 Å². The summed E-state index contributed by atoms with van der Waals surface area (Å²) in [7, 11) is 0. The van der Waals surface area contributed by atoms with E-state index in [4.69, 9.17) is 0 Å². The van der Waals surface area contributed by atoms with E-state index < -0.39 is 0 Å². The molecule has 0 bridgehead atoms. The molecule has 26 heavy (non-hydrogen) atoms. The van der Waals surface area contributed by atoms with Crippen molar-refractivity contribution >= 4 is 23.2 Å². The van der Waals surface area contributed by atoms with Crippen molar-refractivity contribution in [1.29, 1.82) is 0 Å². The topological polar surface area (TPSA) is 80.1 Å². The van der Waals surface area contributed by atoms with E-state index in [2.05, 4.69) is 15.4 Å². The van der Waals surface area contributed by atoms with E-state index >= 15 is 0 Å². The van der Waals surface area contributed by atoms with Crippen LogP contribution in [0.4, 0.5) is 0 Å². The third-order valence-electron chi connectivity index (χ3n) is 5.09. The third-order valence-corrected chi connectivity index (χ3v) is 6.15. The average Bonchev–Trinajstić information content (AvgIpc) is 3.16. The number of carbonyl (C=O) groups is 2. The fourth-order valence-electron chi connectivity index (χ4n) is 3.79. The lowest BCUT2D eigenvalue weighted by Crippen LogP contribution is -2.39. The van der Waals surface area contributed by atoms with E-state index in [9.17, 15) is 9.59 Å². The maximum Gasteiger partial charge on any atom is 0.269 e. The molecule has 2 aromatic rings. The standard InChI is InChI=1S/C18H23N5O2S/c1-11-16(26-12(2)20-11)18(25)22-7-3-5-13(10-22)14-9-15-17(24)19-6-4-8-23(15)21-14/h9,13H,3-8,10H2,1-2H3,(H,19,24). The van der Waals surface area contributed by atoms with Gasteiger partial charge in [-0.3, -0.25) is 14.3 Å². The average molecular weight is 373 g/mol. The van der Waals surface area contributed by atoms with Crippen LogP contribution in [0.25, 0.3) is 0 Å². The Morgan fingerprint density at radius 2 is 2.15 bits per heavy atom. The summed E-state index contributed by atoms with van der Waals surface area (Å²) in [6.45, 7) is 6.67. The number of hydrogen-bond donors (Lipinski definition) is 1. The minimum atomic E-state index is -0.0549. The molecule has 1 atom stereocenters. The van der Waals surface area contributed by atoms with Crippen LogP contribution in [0, 0.1) is 13.8 Å². The van der Waals surface area contributed by atoms with Gasteiger partial charge in [-0.05, 0) is 39.2 Å². The second-order valence-corrected chi connectivity index (χ2v) is 8.23. The van der Waals surface area contributed by atoms with Gasteiger partial charge in [-0.15, -0.1) is 11.3 Å². The molecule has 0 radical (unpaired) electrons. The first-order chi connectivity index (χ1) is 12.5. The number of piperidine rings is 1. The van der Waals surface area contributed by atoms with Gasteiger partial charge in [0.15, 0.2) is 0 Å². The van der Waals surface area contributed by atoms with Crippen molar-refractivity contribution < 1.29 is 9.59 Å². The van der Waals surface area contributed by atoms with Crippen molar-refractivity contribution in [2.75, 3.05) is 19.6 Å². The van der Waals surface area contributed by atoms with Crippen LogP contribution in [0.2, 0.25) is 0 Å². The summed E-state index contributed by atoms with van der Waals surface area (Å²) in [6, 6.07) is 1.90. The Kier molecular flexibility index (Phi) is 4.52. The first-order valence-electron chi connectivity index (χ1n) is 9.12. The number of rotatable bonds is 2. The predicted molar refractivity (Wildman–Crippen MR) is 98.6 cm³/mol. The van der Waals surface area contributed by atoms with Crippen LogP contribution in [-0.4, -0.2) is 51.1 Å². The molecule has 8 heteroatoms. The molecule has 1 fully saturated rings. The molecule has 7 nitrogen and oxygen atoms in total. The molecule has 0 aliphatic carbocycles. The molecule has 4 rings (SSSR count). The Morgan fingerprint density at radius 3 is 2.92 bits per heavy atom. The molecule has 0 spiro atoms. The van der Waals surface area contributed by atoms with Crippen LogP contribution in [0.3, 0.4) is 0 Å². The Morgan fingerprint density at radius 1 is 1.31 bits per heavy atom. The lowest BCUT2D eigenvalue weighted by atomic mass is 9.94. The van der Waals surface area contributed by atoms with Gasteiger partial charge >= 0.3 is 0 Å². The molecule has 138 valence electrons. The van der Waals surface area contributed by atoms with E-state index in [1.54, 1.807) is 0 Å². The van der Waals surface area contributed by atoms with Gasteiger partial charge in [0.05, 0.1) is 16.4 Å². The zero-order valence-electron chi connectivity index (χ0n) is 15.1. The van der Waals surface area contributed by atoms with Crippen LogP contribution in [-0.2, 0) is 6.54 Å². The van der Waals surface area contributed by atoms with Gasteiger partial charge < -0.3 is 10.2 Å². The number of likely N-dealkylation sites (tertiary alicyclic amines) is 1. The van der Waals surface area contributed by atoms with Gasteiger partial charge in [0.2, 0.25) is 0 Å². The van der Waals surface area contributed by atoms with Crippen LogP contribution >= 0.6 is 11.3 Å². The lowest BCUT2D eigenvalue weighted by Gasteiger charge is -2.31. The highest BCUT2D eigenvalue weighted by atomic mass is 32.1. The maximum atomic E-state index is 12.9. The van der Waals surface area contributed by atoms with E-state index in [1.165, 1.54) is 11.3 Å². The number of aromatic nitrogens is 3. The minimum absolute atomic E-state index is 0.0549. The maximum absolute atomic E-state index is 12.9. The van der Waals surface area contributed by atoms with Crippen LogP contribution in [0.1, 0.15) is 61.7 Å². The van der Waals surface area contributed by atoms with Crippen molar-refractivity contribution in [3.63, 3.8) is 0 Å². The van der Waals surface area contributed by atoms with Gasteiger partial charge in [-0.25, -0.2) is 4.98 Å². The number of aryl methyl sites for hydroxylation is 3. The summed E-state index contributed by atoms with van der Waals surface area (Å²) in [5.74, 6) is 0.186. The first-order valence-corrected chi connectivity index (χ1v) is 9.94. The van der Waals surface area contributed by atoms with Crippen molar-refractivity contribution in [1.82, 2.24) is 25.0 Å². The second kappa shape index (κ2) is 6.83. The van der Waals surface area contributed by atoms with Crippen LogP contribution in [0.15, 0.2) is 6.07 Å². The largest absolute Gasteiger partial charge is 0.351 e. The smallest absolute Gasteiger partial charge is 0.269 e. The summed E-state index contributed by atoms with van der Waals surface area (Å²) in [5.41, 5.74) is 2.37. The normalized spacial score (nSPS) is 20.5. The number of nitrogens with zero attached hydrogens (tertiary/aromatic N) is 4. The number of carbonyl (C=O) groups excluding carboxylic acids is 2. The van der Waals surface area contributed by atoms with Crippen LogP contribution in [0.5, 0.6) is 0 Å². The number of amides is 2. The fourth-order valence-corrected chi connectivity index (χ4v) is 4.67. The summed E-state index contributed by atoms with van der Waals surface area (Å²) in [6.07, 6.45) is 2.82. The number of thiazole rings is 1. The second-order valence-electron chi connectivity index (χ2n) is 7.02. The van der Waals surface area contributed by atoms with E-state index in [0.717, 1.165) is 53.6 Å². The Balaban J connectivity index is 1.54. The summed E-state index contributed by atoms with van der Waals surface area (Å²) in [4.78, 5) is 32.1. The van der Waals surface area contributed by atoms with E-state index in [0.29, 0.717) is 18.8 Å². The van der Waals surface area contributed by atoms with Gasteiger partial charge in [0.25, 0.3) is 11.8 Å². The van der Waals surface area contributed by atoms with Gasteiger partial charge in [0, 0.05) is 32.1 Å². The van der Waals surface area contributed by atoms with E-state index in [-0.39, 0.29) is 17.7 Å². The fraction of sp³-hybridized carbons (Fsp3) is 0.556. The molecule has 2 aliphatic heterocycles. The zero-order valence-corrected chi connectivity index (χ0v) is 15.9. The van der Waals surface area contributed by atoms with E-state index in [1.807, 2.05) is 29.5 Å². The summed E-state index contributed by atoms with van der Waals surface area (Å²) >= 11 is 1.46. The van der Waals surface area contributed by atoms with Gasteiger partial charge in [-0.2, -0.15) is 5.10 Å². The summed E-state index contributed by atoms with van der Waals surface area (Å²) in [5, 5.41) is 8.51. The zero-order chi connectivity index (χ0) is 18.3. The Labute approximate surface area is 156 Å². The highest BCUT2D eigenvalue weighted by molar-refractivity contribution is 7.13. The molecular formula is C18H23N5O2S. The molecule has 4 heterocycles. The Bertz CT molecular complexity index is 856. The SMILES string of the molecule is Cc1nc(C)c(C(=O)N2CCCC(c3cc4n(n3)CCCNC4=O)C2)s1. The highest BCUT2D eigenvalue weighted by Crippen LogP contribution is 2.29.